The van der Waals surface area contributed by atoms with Crippen LogP contribution in [0.5, 0.6) is 11.5 Å². The highest BCUT2D eigenvalue weighted by atomic mass is 32.1. The summed E-state index contributed by atoms with van der Waals surface area (Å²) in [4.78, 5) is 17.7. The van der Waals surface area contributed by atoms with Crippen LogP contribution in [0.1, 0.15) is 35.9 Å². The number of rotatable bonds is 6. The van der Waals surface area contributed by atoms with Crippen LogP contribution >= 0.6 is 11.3 Å². The summed E-state index contributed by atoms with van der Waals surface area (Å²) >= 11 is 1.54. The van der Waals surface area contributed by atoms with Gasteiger partial charge in [0.1, 0.15) is 11.5 Å². The average molecular weight is 423 g/mol. The van der Waals surface area contributed by atoms with E-state index in [4.69, 9.17) is 9.47 Å². The van der Waals surface area contributed by atoms with Gasteiger partial charge in [-0.15, -0.1) is 0 Å². The van der Waals surface area contributed by atoms with Crippen molar-refractivity contribution in [3.8, 4) is 16.6 Å². The molecular formula is C22H22N4O3S. The Balaban J connectivity index is 1.70. The van der Waals surface area contributed by atoms with Crippen molar-refractivity contribution in [3.63, 3.8) is 0 Å². The summed E-state index contributed by atoms with van der Waals surface area (Å²) in [6.45, 7) is 4.13. The lowest BCUT2D eigenvalue weighted by Crippen LogP contribution is -2.14. The molecule has 4 rings (SSSR count). The first-order chi connectivity index (χ1) is 14.5. The van der Waals surface area contributed by atoms with Crippen molar-refractivity contribution >= 4 is 33.1 Å². The predicted octanol–water partition coefficient (Wildman–Crippen LogP) is 4.87. The number of benzene rings is 2. The van der Waals surface area contributed by atoms with E-state index >= 15 is 0 Å². The largest absolute Gasteiger partial charge is 0.497 e. The molecule has 1 N–H and O–H groups in total. The van der Waals surface area contributed by atoms with Crippen molar-refractivity contribution < 1.29 is 14.3 Å². The fourth-order valence-corrected chi connectivity index (χ4v) is 4.06. The Morgan fingerprint density at radius 1 is 1.10 bits per heavy atom. The summed E-state index contributed by atoms with van der Waals surface area (Å²) in [5.41, 5.74) is 2.65. The van der Waals surface area contributed by atoms with Crippen LogP contribution in [0.2, 0.25) is 0 Å². The Hall–Kier alpha value is -3.39. The molecule has 0 fully saturated rings. The second kappa shape index (κ2) is 8.16. The summed E-state index contributed by atoms with van der Waals surface area (Å²) in [5.74, 6) is 0.994. The van der Waals surface area contributed by atoms with Crippen LogP contribution in [0.25, 0.3) is 15.3 Å². The van der Waals surface area contributed by atoms with E-state index in [0.29, 0.717) is 22.9 Å². The van der Waals surface area contributed by atoms with E-state index in [2.05, 4.69) is 29.2 Å². The number of methoxy groups -OCH3 is 2. The summed E-state index contributed by atoms with van der Waals surface area (Å²) in [6.07, 6.45) is 0. The van der Waals surface area contributed by atoms with Gasteiger partial charge < -0.3 is 14.8 Å². The standard InChI is InChI=1S/C22H22N4O3S/c1-13(2)18-12-17(21(27)23-16-11-14(28-3)9-10-19(16)29-4)25-26(18)22-24-15-7-5-6-8-20(15)30-22/h5-13H,1-4H3,(H,23,27). The molecule has 8 heteroatoms. The quantitative estimate of drug-likeness (QED) is 0.479. The lowest BCUT2D eigenvalue weighted by atomic mass is 10.1. The number of thiazole rings is 1. The Labute approximate surface area is 178 Å². The second-order valence-electron chi connectivity index (χ2n) is 7.01. The van der Waals surface area contributed by atoms with Crippen LogP contribution in [0.4, 0.5) is 5.69 Å². The summed E-state index contributed by atoms with van der Waals surface area (Å²) in [6, 6.07) is 15.0. The van der Waals surface area contributed by atoms with E-state index in [9.17, 15) is 4.79 Å². The first kappa shape index (κ1) is 19.9. The van der Waals surface area contributed by atoms with Crippen molar-refractivity contribution in [2.24, 2.45) is 0 Å². The number of fused-ring (bicyclic) bond motifs is 1. The van der Waals surface area contributed by atoms with Crippen LogP contribution in [0, 0.1) is 0 Å². The minimum atomic E-state index is -0.330. The first-order valence-electron chi connectivity index (χ1n) is 9.49. The van der Waals surface area contributed by atoms with Gasteiger partial charge in [0, 0.05) is 6.07 Å². The molecule has 0 unspecified atom stereocenters. The SMILES string of the molecule is COc1ccc(OC)c(NC(=O)c2cc(C(C)C)n(-c3nc4ccccc4s3)n2)c1. The number of carbonyl (C=O) groups excluding carboxylic acids is 1. The van der Waals surface area contributed by atoms with Crippen molar-refractivity contribution in [1.29, 1.82) is 0 Å². The van der Waals surface area contributed by atoms with E-state index in [1.807, 2.05) is 24.3 Å². The molecule has 0 spiro atoms. The summed E-state index contributed by atoms with van der Waals surface area (Å²) < 4.78 is 13.4. The molecule has 1 amide bonds. The molecule has 0 saturated carbocycles. The van der Waals surface area contributed by atoms with Crippen LogP contribution in [-0.4, -0.2) is 34.9 Å². The van der Waals surface area contributed by atoms with Gasteiger partial charge in [0.05, 0.1) is 35.8 Å². The zero-order valence-electron chi connectivity index (χ0n) is 17.2. The van der Waals surface area contributed by atoms with Gasteiger partial charge in [0.15, 0.2) is 5.69 Å². The highest BCUT2D eigenvalue weighted by Gasteiger charge is 2.20. The van der Waals surface area contributed by atoms with Crippen molar-refractivity contribution in [3.05, 3.63) is 59.9 Å². The van der Waals surface area contributed by atoms with E-state index < -0.39 is 0 Å². The highest BCUT2D eigenvalue weighted by Crippen LogP contribution is 2.31. The summed E-state index contributed by atoms with van der Waals surface area (Å²) in [5, 5.41) is 8.18. The number of para-hydroxylation sites is 1. The molecule has 0 saturated heterocycles. The average Bonchev–Trinajstić information content (AvgIpc) is 3.38. The second-order valence-corrected chi connectivity index (χ2v) is 8.01. The highest BCUT2D eigenvalue weighted by molar-refractivity contribution is 7.20. The number of carbonyl (C=O) groups is 1. The molecule has 0 aliphatic carbocycles. The molecule has 2 heterocycles. The molecule has 154 valence electrons. The molecule has 0 bridgehead atoms. The molecule has 2 aromatic carbocycles. The number of aromatic nitrogens is 3. The third-order valence-corrected chi connectivity index (χ3v) is 5.69. The van der Waals surface area contributed by atoms with Gasteiger partial charge >= 0.3 is 0 Å². The Bertz CT molecular complexity index is 1180. The van der Waals surface area contributed by atoms with Crippen molar-refractivity contribution in [2.75, 3.05) is 19.5 Å². The van der Waals surface area contributed by atoms with Gasteiger partial charge in [-0.1, -0.05) is 37.3 Å². The topological polar surface area (TPSA) is 78.3 Å². The zero-order valence-corrected chi connectivity index (χ0v) is 18.0. The van der Waals surface area contributed by atoms with Crippen LogP contribution in [0.3, 0.4) is 0 Å². The fourth-order valence-electron chi connectivity index (χ4n) is 3.12. The molecule has 2 aromatic heterocycles. The van der Waals surface area contributed by atoms with Gasteiger partial charge in [-0.05, 0) is 36.2 Å². The van der Waals surface area contributed by atoms with Crippen LogP contribution in [-0.2, 0) is 0 Å². The number of amides is 1. The number of nitrogens with zero attached hydrogens (tertiary/aromatic N) is 3. The van der Waals surface area contributed by atoms with Gasteiger partial charge in [-0.25, -0.2) is 9.67 Å². The van der Waals surface area contributed by atoms with E-state index in [0.717, 1.165) is 21.0 Å². The Kier molecular flexibility index (Phi) is 5.41. The smallest absolute Gasteiger partial charge is 0.276 e. The lowest BCUT2D eigenvalue weighted by Gasteiger charge is -2.10. The van der Waals surface area contributed by atoms with Gasteiger partial charge in [-0.3, -0.25) is 4.79 Å². The Morgan fingerprint density at radius 3 is 2.60 bits per heavy atom. The normalized spacial score (nSPS) is 11.1. The fraction of sp³-hybridized carbons (Fsp3) is 0.227. The minimum Gasteiger partial charge on any atom is -0.497 e. The van der Waals surface area contributed by atoms with E-state index in [1.165, 1.54) is 0 Å². The molecule has 0 atom stereocenters. The predicted molar refractivity (Wildman–Crippen MR) is 118 cm³/mol. The monoisotopic (exact) mass is 422 g/mol. The first-order valence-corrected chi connectivity index (χ1v) is 10.3. The van der Waals surface area contributed by atoms with Crippen LogP contribution < -0.4 is 14.8 Å². The maximum absolute atomic E-state index is 13.0. The number of anilines is 1. The van der Waals surface area contributed by atoms with Crippen molar-refractivity contribution in [1.82, 2.24) is 14.8 Å². The van der Waals surface area contributed by atoms with Gasteiger partial charge in [0.25, 0.3) is 5.91 Å². The lowest BCUT2D eigenvalue weighted by molar-refractivity contribution is 0.102. The molecule has 0 aliphatic rings. The minimum absolute atomic E-state index is 0.164. The molecule has 0 radical (unpaired) electrons. The number of hydrogen-bond acceptors (Lipinski definition) is 6. The summed E-state index contributed by atoms with van der Waals surface area (Å²) in [7, 11) is 3.12. The van der Waals surface area contributed by atoms with Gasteiger partial charge in [0.2, 0.25) is 5.13 Å². The molecule has 30 heavy (non-hydrogen) atoms. The molecular weight excluding hydrogens is 400 g/mol. The van der Waals surface area contributed by atoms with Crippen LogP contribution in [0.15, 0.2) is 48.5 Å². The van der Waals surface area contributed by atoms with E-state index in [1.54, 1.807) is 54.5 Å². The van der Waals surface area contributed by atoms with E-state index in [-0.39, 0.29) is 11.8 Å². The third kappa shape index (κ3) is 3.73. The molecule has 4 aromatic rings. The number of hydrogen-bond donors (Lipinski definition) is 1. The number of ether oxygens (including phenoxy) is 2. The molecule has 0 aliphatic heterocycles. The maximum atomic E-state index is 13.0. The van der Waals surface area contributed by atoms with Crippen molar-refractivity contribution in [2.45, 2.75) is 19.8 Å². The maximum Gasteiger partial charge on any atom is 0.276 e. The zero-order chi connectivity index (χ0) is 21.3. The Morgan fingerprint density at radius 2 is 1.90 bits per heavy atom. The van der Waals surface area contributed by atoms with Gasteiger partial charge in [-0.2, -0.15) is 5.10 Å². The third-order valence-electron chi connectivity index (χ3n) is 4.68. The molecule has 7 nitrogen and oxygen atoms in total. The number of nitrogens with one attached hydrogen (secondary N) is 1.